The van der Waals surface area contributed by atoms with Crippen LogP contribution in [0.1, 0.15) is 20.3 Å². The number of para-hydroxylation sites is 1. The van der Waals surface area contributed by atoms with Gasteiger partial charge in [0.05, 0.1) is 15.6 Å². The second-order valence-corrected chi connectivity index (χ2v) is 7.91. The molecule has 3 rings (SSSR count). The summed E-state index contributed by atoms with van der Waals surface area (Å²) in [5.41, 5.74) is 1.23. The number of carbonyl (C=O) groups is 1. The number of thiocarbonyl (C=S) groups is 1. The molecule has 120 valence electrons. The SMILES string of the molecule is CCCN1C(=O)/C(=C\C=C2/Sc3ccccc3N2CC)SC1=S. The Morgan fingerprint density at radius 2 is 1.91 bits per heavy atom. The number of allylic oxidation sites excluding steroid dienone is 2. The van der Waals surface area contributed by atoms with E-state index in [9.17, 15) is 4.79 Å². The van der Waals surface area contributed by atoms with Gasteiger partial charge in [0.25, 0.3) is 5.91 Å². The topological polar surface area (TPSA) is 23.6 Å². The van der Waals surface area contributed by atoms with Crippen molar-refractivity contribution in [1.29, 1.82) is 0 Å². The number of hydrogen-bond acceptors (Lipinski definition) is 5. The standard InChI is InChI=1S/C17H18N2OS3/c1-3-11-19-16(20)14(23-17(19)21)9-10-15-18(4-2)12-7-5-6-8-13(12)22-15/h5-10H,3-4,11H2,1-2H3/b14-9+,15-10-. The van der Waals surface area contributed by atoms with Gasteiger partial charge in [-0.1, -0.05) is 54.8 Å². The molecule has 2 aliphatic heterocycles. The number of anilines is 1. The third-order valence-corrected chi connectivity index (χ3v) is 6.18. The maximum absolute atomic E-state index is 12.4. The third kappa shape index (κ3) is 3.20. The highest BCUT2D eigenvalue weighted by Gasteiger charge is 2.31. The molecule has 0 aromatic heterocycles. The molecular weight excluding hydrogens is 344 g/mol. The summed E-state index contributed by atoms with van der Waals surface area (Å²) in [5, 5.41) is 1.15. The first kappa shape index (κ1) is 16.6. The van der Waals surface area contributed by atoms with E-state index < -0.39 is 0 Å². The molecule has 23 heavy (non-hydrogen) atoms. The highest BCUT2D eigenvalue weighted by atomic mass is 32.2. The van der Waals surface area contributed by atoms with E-state index in [2.05, 4.69) is 43.0 Å². The Hall–Kier alpha value is -1.24. The molecule has 0 radical (unpaired) electrons. The lowest BCUT2D eigenvalue weighted by Gasteiger charge is -2.17. The Morgan fingerprint density at radius 3 is 2.65 bits per heavy atom. The van der Waals surface area contributed by atoms with Gasteiger partial charge in [-0.25, -0.2) is 0 Å². The van der Waals surface area contributed by atoms with Crippen LogP contribution in [-0.2, 0) is 4.79 Å². The van der Waals surface area contributed by atoms with Crippen LogP contribution in [0.3, 0.4) is 0 Å². The third-order valence-electron chi connectivity index (χ3n) is 3.65. The minimum absolute atomic E-state index is 0.0299. The van der Waals surface area contributed by atoms with Crippen molar-refractivity contribution in [2.45, 2.75) is 25.2 Å². The zero-order chi connectivity index (χ0) is 16.4. The molecule has 0 aliphatic carbocycles. The molecule has 3 nitrogen and oxygen atoms in total. The van der Waals surface area contributed by atoms with Crippen LogP contribution in [-0.4, -0.2) is 28.2 Å². The van der Waals surface area contributed by atoms with Crippen molar-refractivity contribution in [2.24, 2.45) is 0 Å². The summed E-state index contributed by atoms with van der Waals surface area (Å²) in [6.07, 6.45) is 4.86. The fourth-order valence-electron chi connectivity index (χ4n) is 2.58. The molecule has 1 aromatic carbocycles. The summed E-state index contributed by atoms with van der Waals surface area (Å²) in [6, 6.07) is 8.37. The molecule has 0 N–H and O–H groups in total. The summed E-state index contributed by atoms with van der Waals surface area (Å²) in [5.74, 6) is 0.0299. The molecule has 2 aliphatic rings. The summed E-state index contributed by atoms with van der Waals surface area (Å²) in [4.78, 5) is 18.3. The van der Waals surface area contributed by atoms with Crippen LogP contribution in [0.5, 0.6) is 0 Å². The molecule has 0 spiro atoms. The smallest absolute Gasteiger partial charge is 0.266 e. The van der Waals surface area contributed by atoms with E-state index >= 15 is 0 Å². The van der Waals surface area contributed by atoms with Crippen LogP contribution in [0, 0.1) is 0 Å². The fraction of sp³-hybridized carbons (Fsp3) is 0.294. The van der Waals surface area contributed by atoms with Crippen LogP contribution in [0.4, 0.5) is 5.69 Å². The normalized spacial score (nSPS) is 21.0. The number of rotatable bonds is 4. The number of fused-ring (bicyclic) bond motifs is 1. The van der Waals surface area contributed by atoms with Gasteiger partial charge in [0.1, 0.15) is 4.32 Å². The zero-order valence-electron chi connectivity index (χ0n) is 13.1. The number of carbonyl (C=O) groups excluding carboxylic acids is 1. The molecular formula is C17H18N2OS3. The van der Waals surface area contributed by atoms with Gasteiger partial charge in [0, 0.05) is 18.0 Å². The molecule has 0 unspecified atom stereocenters. The van der Waals surface area contributed by atoms with E-state index in [0.717, 1.165) is 18.0 Å². The molecule has 0 saturated carbocycles. The van der Waals surface area contributed by atoms with Crippen molar-refractivity contribution < 1.29 is 4.79 Å². The molecule has 0 bridgehead atoms. The minimum Gasteiger partial charge on any atom is -0.335 e. The summed E-state index contributed by atoms with van der Waals surface area (Å²) in [7, 11) is 0. The minimum atomic E-state index is 0.0299. The van der Waals surface area contributed by atoms with E-state index in [0.29, 0.717) is 15.8 Å². The van der Waals surface area contributed by atoms with Crippen molar-refractivity contribution in [3.05, 3.63) is 46.4 Å². The monoisotopic (exact) mass is 362 g/mol. The lowest BCUT2D eigenvalue weighted by atomic mass is 10.3. The maximum Gasteiger partial charge on any atom is 0.266 e. The zero-order valence-corrected chi connectivity index (χ0v) is 15.6. The van der Waals surface area contributed by atoms with Gasteiger partial charge < -0.3 is 4.90 Å². The van der Waals surface area contributed by atoms with Crippen molar-refractivity contribution in [3.63, 3.8) is 0 Å². The van der Waals surface area contributed by atoms with E-state index in [1.165, 1.54) is 22.3 Å². The lowest BCUT2D eigenvalue weighted by Crippen LogP contribution is -2.28. The van der Waals surface area contributed by atoms with Crippen molar-refractivity contribution >= 4 is 51.7 Å². The lowest BCUT2D eigenvalue weighted by molar-refractivity contribution is -0.122. The van der Waals surface area contributed by atoms with Crippen LogP contribution in [0.25, 0.3) is 0 Å². The van der Waals surface area contributed by atoms with E-state index in [1.54, 1.807) is 16.7 Å². The molecule has 0 atom stereocenters. The molecule has 1 fully saturated rings. The number of benzene rings is 1. The summed E-state index contributed by atoms with van der Waals surface area (Å²) in [6.45, 7) is 5.79. The molecule has 1 saturated heterocycles. The average Bonchev–Trinajstić information content (AvgIpc) is 3.04. The van der Waals surface area contributed by atoms with Gasteiger partial charge in [-0.05, 0) is 37.6 Å². The van der Waals surface area contributed by atoms with Gasteiger partial charge in [0.2, 0.25) is 0 Å². The fourth-order valence-corrected chi connectivity index (χ4v) is 4.96. The van der Waals surface area contributed by atoms with Crippen LogP contribution in [0.15, 0.2) is 51.2 Å². The molecule has 1 amide bonds. The number of thioether (sulfide) groups is 2. The van der Waals surface area contributed by atoms with Crippen LogP contribution >= 0.6 is 35.7 Å². The largest absolute Gasteiger partial charge is 0.335 e. The van der Waals surface area contributed by atoms with Gasteiger partial charge in [-0.15, -0.1) is 0 Å². The van der Waals surface area contributed by atoms with Gasteiger partial charge in [0.15, 0.2) is 0 Å². The highest BCUT2D eigenvalue weighted by molar-refractivity contribution is 8.26. The number of hydrogen-bond donors (Lipinski definition) is 0. The van der Waals surface area contributed by atoms with Crippen LogP contribution < -0.4 is 4.90 Å². The maximum atomic E-state index is 12.4. The number of amides is 1. The first-order chi connectivity index (χ1) is 11.2. The number of nitrogens with zero attached hydrogens (tertiary/aromatic N) is 2. The predicted molar refractivity (Wildman–Crippen MR) is 104 cm³/mol. The molecule has 6 heteroatoms. The van der Waals surface area contributed by atoms with Crippen molar-refractivity contribution in [1.82, 2.24) is 4.90 Å². The second kappa shape index (κ2) is 7.11. The van der Waals surface area contributed by atoms with Gasteiger partial charge in [-0.2, -0.15) is 0 Å². The Balaban J connectivity index is 1.83. The first-order valence-electron chi connectivity index (χ1n) is 7.65. The Kier molecular flexibility index (Phi) is 5.14. The van der Waals surface area contributed by atoms with Crippen LogP contribution in [0.2, 0.25) is 0 Å². The van der Waals surface area contributed by atoms with Gasteiger partial charge in [-0.3, -0.25) is 9.69 Å². The van der Waals surface area contributed by atoms with E-state index in [1.807, 2.05) is 12.2 Å². The Bertz CT molecular complexity index is 712. The summed E-state index contributed by atoms with van der Waals surface area (Å²) < 4.78 is 0.663. The highest BCUT2D eigenvalue weighted by Crippen LogP contribution is 2.45. The quantitative estimate of drug-likeness (QED) is 0.575. The van der Waals surface area contributed by atoms with Crippen molar-refractivity contribution in [2.75, 3.05) is 18.0 Å². The molecule has 2 heterocycles. The Labute approximate surface area is 150 Å². The van der Waals surface area contributed by atoms with E-state index in [4.69, 9.17) is 12.2 Å². The van der Waals surface area contributed by atoms with Crippen molar-refractivity contribution in [3.8, 4) is 0 Å². The van der Waals surface area contributed by atoms with E-state index in [-0.39, 0.29) is 5.91 Å². The van der Waals surface area contributed by atoms with Gasteiger partial charge >= 0.3 is 0 Å². The Morgan fingerprint density at radius 1 is 1.13 bits per heavy atom. The summed E-state index contributed by atoms with van der Waals surface area (Å²) >= 11 is 8.44. The molecule has 1 aromatic rings. The second-order valence-electron chi connectivity index (χ2n) is 5.17. The average molecular weight is 363 g/mol. The predicted octanol–water partition coefficient (Wildman–Crippen LogP) is 4.61. The first-order valence-corrected chi connectivity index (χ1v) is 9.70.